The zero-order chi connectivity index (χ0) is 18.2. The number of hydrogen-bond acceptors (Lipinski definition) is 6. The molecule has 1 aromatic heterocycles. The first-order valence-electron chi connectivity index (χ1n) is 8.08. The van der Waals surface area contributed by atoms with Gasteiger partial charge in [0, 0.05) is 24.5 Å². The van der Waals surface area contributed by atoms with Crippen molar-refractivity contribution in [2.75, 3.05) is 33.4 Å². The van der Waals surface area contributed by atoms with Crippen LogP contribution in [0, 0.1) is 0 Å². The van der Waals surface area contributed by atoms with Gasteiger partial charge in [-0.1, -0.05) is 0 Å². The lowest BCUT2D eigenvalue weighted by atomic mass is 9.85. The molecule has 3 rings (SSSR count). The van der Waals surface area contributed by atoms with Gasteiger partial charge in [-0.2, -0.15) is 13.2 Å². The Kier molecular flexibility index (Phi) is 5.11. The number of aliphatic hydroxyl groups is 1. The highest BCUT2D eigenvalue weighted by Crippen LogP contribution is 2.48. The van der Waals surface area contributed by atoms with Crippen molar-refractivity contribution in [1.82, 2.24) is 4.90 Å². The number of likely N-dealkylation sites (tertiary alicyclic amines) is 1. The van der Waals surface area contributed by atoms with Gasteiger partial charge in [0.05, 0.1) is 13.7 Å². The monoisotopic (exact) mass is 379 g/mol. The number of carbonyl (C=O) groups excluding carboxylic acids is 1. The third-order valence-corrected chi connectivity index (χ3v) is 6.23. The summed E-state index contributed by atoms with van der Waals surface area (Å²) < 4.78 is 49.5. The molecule has 0 saturated carbocycles. The molecule has 2 aliphatic rings. The van der Waals surface area contributed by atoms with Crippen LogP contribution in [0.5, 0.6) is 0 Å². The summed E-state index contributed by atoms with van der Waals surface area (Å²) in [6.07, 6.45) is -4.00. The van der Waals surface area contributed by atoms with E-state index in [2.05, 4.69) is 4.74 Å². The van der Waals surface area contributed by atoms with Crippen LogP contribution in [0.4, 0.5) is 13.2 Å². The van der Waals surface area contributed by atoms with Gasteiger partial charge in [0.2, 0.25) is 0 Å². The highest BCUT2D eigenvalue weighted by atomic mass is 32.1. The van der Waals surface area contributed by atoms with Gasteiger partial charge in [0.15, 0.2) is 6.10 Å². The molecule has 1 aromatic rings. The van der Waals surface area contributed by atoms with Crippen molar-refractivity contribution >= 4 is 17.3 Å². The molecule has 3 heterocycles. The minimum Gasteiger partial charge on any atom is -0.467 e. The van der Waals surface area contributed by atoms with Crippen molar-refractivity contribution in [1.29, 1.82) is 0 Å². The number of hydrogen-bond donors (Lipinski definition) is 1. The van der Waals surface area contributed by atoms with Gasteiger partial charge in [-0.25, -0.2) is 4.79 Å². The number of alkyl halides is 3. The van der Waals surface area contributed by atoms with Crippen molar-refractivity contribution in [2.45, 2.75) is 37.1 Å². The molecule has 0 radical (unpaired) electrons. The highest BCUT2D eigenvalue weighted by Gasteiger charge is 2.45. The first-order chi connectivity index (χ1) is 11.7. The van der Waals surface area contributed by atoms with Crippen molar-refractivity contribution in [3.05, 3.63) is 21.4 Å². The Labute approximate surface area is 147 Å². The number of halogens is 3. The molecule has 1 saturated heterocycles. The number of piperidine rings is 1. The molecule has 1 spiro atoms. The maximum Gasteiger partial charge on any atom is 0.425 e. The number of aliphatic hydroxyl groups excluding tert-OH is 1. The van der Waals surface area contributed by atoms with Gasteiger partial charge in [-0.3, -0.25) is 4.90 Å². The zero-order valence-electron chi connectivity index (χ0n) is 13.8. The number of methoxy groups -OCH3 is 1. The van der Waals surface area contributed by atoms with E-state index in [-0.39, 0.29) is 6.54 Å². The van der Waals surface area contributed by atoms with E-state index in [1.807, 2.05) is 4.90 Å². The summed E-state index contributed by atoms with van der Waals surface area (Å²) in [7, 11) is 1.21. The highest BCUT2D eigenvalue weighted by molar-refractivity contribution is 7.12. The number of fused-ring (bicyclic) bond motifs is 2. The van der Waals surface area contributed by atoms with E-state index in [9.17, 15) is 23.1 Å². The number of thiophene rings is 1. The van der Waals surface area contributed by atoms with E-state index in [1.165, 1.54) is 13.2 Å². The number of esters is 1. The minimum absolute atomic E-state index is 0.147. The van der Waals surface area contributed by atoms with Gasteiger partial charge in [0.25, 0.3) is 0 Å². The van der Waals surface area contributed by atoms with Crippen LogP contribution in [0.3, 0.4) is 0 Å². The summed E-state index contributed by atoms with van der Waals surface area (Å²) >= 11 is 0.779. The maximum absolute atomic E-state index is 13.0. The van der Waals surface area contributed by atoms with Gasteiger partial charge >= 0.3 is 12.1 Å². The lowest BCUT2D eigenvalue weighted by molar-refractivity contribution is -0.152. The summed E-state index contributed by atoms with van der Waals surface area (Å²) in [6, 6.07) is 1.25. The first-order valence-corrected chi connectivity index (χ1v) is 8.89. The fourth-order valence-corrected chi connectivity index (χ4v) is 4.76. The predicted molar refractivity (Wildman–Crippen MR) is 84.4 cm³/mol. The van der Waals surface area contributed by atoms with E-state index in [4.69, 9.17) is 4.74 Å². The van der Waals surface area contributed by atoms with Crippen LogP contribution in [-0.2, 0) is 32.5 Å². The van der Waals surface area contributed by atoms with Crippen LogP contribution in [0.15, 0.2) is 6.07 Å². The molecule has 2 aliphatic heterocycles. The lowest BCUT2D eigenvalue weighted by Crippen LogP contribution is -2.48. The zero-order valence-corrected chi connectivity index (χ0v) is 14.6. The Morgan fingerprint density at radius 2 is 2.16 bits per heavy atom. The second kappa shape index (κ2) is 6.86. The third kappa shape index (κ3) is 3.69. The third-order valence-electron chi connectivity index (χ3n) is 4.82. The molecule has 5 nitrogen and oxygen atoms in total. The molecule has 1 unspecified atom stereocenters. The Morgan fingerprint density at radius 3 is 2.76 bits per heavy atom. The molecule has 0 bridgehead atoms. The van der Waals surface area contributed by atoms with Crippen molar-refractivity contribution in [3.63, 3.8) is 0 Å². The molecular formula is C16H20F3NO4S. The van der Waals surface area contributed by atoms with Gasteiger partial charge in [-0.05, 0) is 30.9 Å². The van der Waals surface area contributed by atoms with E-state index in [0.29, 0.717) is 43.8 Å². The Morgan fingerprint density at radius 1 is 1.48 bits per heavy atom. The van der Waals surface area contributed by atoms with Crippen LogP contribution in [0.25, 0.3) is 0 Å². The second-order valence-electron chi connectivity index (χ2n) is 6.40. The van der Waals surface area contributed by atoms with E-state index in [1.54, 1.807) is 0 Å². The van der Waals surface area contributed by atoms with Crippen LogP contribution in [0.1, 0.15) is 28.2 Å². The largest absolute Gasteiger partial charge is 0.467 e. The second-order valence-corrected chi connectivity index (χ2v) is 7.45. The standard InChI is InChI=1S/C16H20F3NO4S/c1-23-14(22)11(21)9-20-5-3-15(4-6-20)13-10(2-7-24-15)8-12(25-13)16(17,18)19/h8,11,21H,2-7,9H2,1H3. The normalized spacial score (nSPS) is 21.8. The van der Waals surface area contributed by atoms with Crippen molar-refractivity contribution in [2.24, 2.45) is 0 Å². The van der Waals surface area contributed by atoms with Crippen LogP contribution in [-0.4, -0.2) is 55.4 Å². The van der Waals surface area contributed by atoms with Crippen LogP contribution >= 0.6 is 11.3 Å². The molecule has 140 valence electrons. The lowest BCUT2D eigenvalue weighted by Gasteiger charge is -2.44. The summed E-state index contributed by atoms with van der Waals surface area (Å²) in [5.74, 6) is -0.690. The van der Waals surface area contributed by atoms with E-state index in [0.717, 1.165) is 16.9 Å². The van der Waals surface area contributed by atoms with E-state index >= 15 is 0 Å². The summed E-state index contributed by atoms with van der Waals surface area (Å²) in [6.45, 7) is 1.62. The van der Waals surface area contributed by atoms with E-state index < -0.39 is 28.7 Å². The summed E-state index contributed by atoms with van der Waals surface area (Å²) in [5.41, 5.74) is 0.0423. The Bertz CT molecular complexity index is 638. The average Bonchev–Trinajstić information content (AvgIpc) is 3.02. The number of nitrogens with zero attached hydrogens (tertiary/aromatic N) is 1. The molecule has 1 fully saturated rings. The molecule has 9 heteroatoms. The number of β-amino-alcohol motifs (C(OH)–C–C–N with tert-alkyl or cyclic N) is 1. The molecule has 1 N–H and O–H groups in total. The first kappa shape index (κ1) is 18.6. The molecule has 1 atom stereocenters. The molecule has 0 aromatic carbocycles. The molecule has 25 heavy (non-hydrogen) atoms. The average molecular weight is 379 g/mol. The summed E-state index contributed by atoms with van der Waals surface area (Å²) in [4.78, 5) is 13.3. The number of rotatable bonds is 3. The Hall–Kier alpha value is -1.16. The fraction of sp³-hybridized carbons (Fsp3) is 0.688. The smallest absolute Gasteiger partial charge is 0.425 e. The van der Waals surface area contributed by atoms with Gasteiger partial charge < -0.3 is 14.6 Å². The van der Waals surface area contributed by atoms with Gasteiger partial charge in [0.1, 0.15) is 10.5 Å². The fourth-order valence-electron chi connectivity index (χ4n) is 3.49. The van der Waals surface area contributed by atoms with Crippen LogP contribution < -0.4 is 0 Å². The molecule has 0 amide bonds. The Balaban J connectivity index is 1.72. The van der Waals surface area contributed by atoms with Crippen molar-refractivity contribution < 1.29 is 32.5 Å². The number of ether oxygens (including phenoxy) is 2. The maximum atomic E-state index is 13.0. The minimum atomic E-state index is -4.34. The summed E-state index contributed by atoms with van der Waals surface area (Å²) in [5, 5.41) is 9.75. The van der Waals surface area contributed by atoms with Crippen molar-refractivity contribution in [3.8, 4) is 0 Å². The predicted octanol–water partition coefficient (Wildman–Crippen LogP) is 2.16. The van der Waals surface area contributed by atoms with Crippen LogP contribution in [0.2, 0.25) is 0 Å². The van der Waals surface area contributed by atoms with Gasteiger partial charge in [-0.15, -0.1) is 11.3 Å². The molecular weight excluding hydrogens is 359 g/mol. The topological polar surface area (TPSA) is 59.0 Å². The SMILES string of the molecule is COC(=O)C(O)CN1CCC2(CC1)OCCc1cc(C(F)(F)F)sc12. The number of carbonyl (C=O) groups is 1. The molecule has 0 aliphatic carbocycles. The quantitative estimate of drug-likeness (QED) is 0.816.